The molecule has 1 amide bonds. The van der Waals surface area contributed by atoms with Crippen LogP contribution in [0.2, 0.25) is 0 Å². The van der Waals surface area contributed by atoms with Gasteiger partial charge in [0, 0.05) is 12.1 Å². The zero-order valence-corrected chi connectivity index (χ0v) is 9.74. The monoisotopic (exact) mass is 206 g/mol. The Bertz CT molecular complexity index is 345. The number of amides is 1. The van der Waals surface area contributed by atoms with E-state index in [1.165, 1.54) is 5.56 Å². The van der Waals surface area contributed by atoms with E-state index in [1.54, 1.807) is 6.20 Å². The second-order valence-electron chi connectivity index (χ2n) is 4.27. The number of aromatic nitrogens is 1. The number of hydrogen-bond donors (Lipinski definition) is 1. The summed E-state index contributed by atoms with van der Waals surface area (Å²) >= 11 is 0. The minimum absolute atomic E-state index is 0.00315. The van der Waals surface area contributed by atoms with Crippen molar-refractivity contribution < 1.29 is 4.79 Å². The molecule has 0 radical (unpaired) electrons. The third kappa shape index (κ3) is 3.35. The number of rotatable bonds is 3. The van der Waals surface area contributed by atoms with Crippen molar-refractivity contribution in [3.63, 3.8) is 0 Å². The van der Waals surface area contributed by atoms with Crippen LogP contribution in [0.1, 0.15) is 39.2 Å². The number of nitrogens with one attached hydrogen (secondary N) is 1. The molecule has 0 spiro atoms. The quantitative estimate of drug-likeness (QED) is 0.826. The number of pyridine rings is 1. The molecule has 0 saturated heterocycles. The van der Waals surface area contributed by atoms with Crippen LogP contribution in [0, 0.1) is 5.92 Å². The van der Waals surface area contributed by atoms with Crippen LogP contribution in [-0.2, 0) is 4.79 Å². The van der Waals surface area contributed by atoms with Gasteiger partial charge in [-0.25, -0.2) is 4.98 Å². The second kappa shape index (κ2) is 4.91. The van der Waals surface area contributed by atoms with Gasteiger partial charge in [0.25, 0.3) is 0 Å². The van der Waals surface area contributed by atoms with Crippen molar-refractivity contribution >= 4 is 11.7 Å². The Morgan fingerprint density at radius 1 is 1.33 bits per heavy atom. The fourth-order valence-electron chi connectivity index (χ4n) is 1.14. The lowest BCUT2D eigenvalue weighted by atomic mass is 10.1. The Labute approximate surface area is 90.9 Å². The minimum Gasteiger partial charge on any atom is -0.310 e. The van der Waals surface area contributed by atoms with Gasteiger partial charge in [-0.15, -0.1) is 0 Å². The zero-order chi connectivity index (χ0) is 11.4. The van der Waals surface area contributed by atoms with Gasteiger partial charge in [0.2, 0.25) is 5.91 Å². The van der Waals surface area contributed by atoms with E-state index >= 15 is 0 Å². The van der Waals surface area contributed by atoms with Crippen LogP contribution in [0.5, 0.6) is 0 Å². The maximum Gasteiger partial charge on any atom is 0.228 e. The minimum atomic E-state index is -0.0190. The highest BCUT2D eigenvalue weighted by molar-refractivity contribution is 5.91. The third-order valence-electron chi connectivity index (χ3n) is 2.23. The molecule has 3 nitrogen and oxygen atoms in total. The number of carbonyl (C=O) groups is 1. The van der Waals surface area contributed by atoms with E-state index in [9.17, 15) is 4.79 Å². The molecule has 0 aromatic carbocycles. The van der Waals surface area contributed by atoms with Crippen LogP contribution >= 0.6 is 0 Å². The van der Waals surface area contributed by atoms with Crippen LogP contribution in [-0.4, -0.2) is 10.9 Å². The lowest BCUT2D eigenvalue weighted by Gasteiger charge is -2.09. The van der Waals surface area contributed by atoms with Crippen LogP contribution in [0.15, 0.2) is 18.3 Å². The molecule has 0 bridgehead atoms. The highest BCUT2D eigenvalue weighted by Crippen LogP contribution is 2.16. The fourth-order valence-corrected chi connectivity index (χ4v) is 1.14. The molecule has 1 rings (SSSR count). The van der Waals surface area contributed by atoms with E-state index in [-0.39, 0.29) is 11.8 Å². The normalized spacial score (nSPS) is 10.8. The van der Waals surface area contributed by atoms with E-state index in [4.69, 9.17) is 0 Å². The van der Waals surface area contributed by atoms with E-state index in [0.29, 0.717) is 11.7 Å². The smallest absolute Gasteiger partial charge is 0.228 e. The van der Waals surface area contributed by atoms with E-state index in [0.717, 1.165) is 0 Å². The summed E-state index contributed by atoms with van der Waals surface area (Å²) in [6.07, 6.45) is 1.73. The summed E-state index contributed by atoms with van der Waals surface area (Å²) in [4.78, 5) is 15.6. The maximum absolute atomic E-state index is 11.4. The predicted molar refractivity (Wildman–Crippen MR) is 61.8 cm³/mol. The molecular weight excluding hydrogens is 188 g/mol. The van der Waals surface area contributed by atoms with E-state index in [2.05, 4.69) is 24.1 Å². The SMILES string of the molecule is CC(C)C(=O)Nc1cc(C(C)C)ccn1. The summed E-state index contributed by atoms with van der Waals surface area (Å²) in [5, 5.41) is 2.79. The first kappa shape index (κ1) is 11.7. The molecule has 0 fully saturated rings. The molecule has 1 N–H and O–H groups in total. The van der Waals surface area contributed by atoms with Crippen molar-refractivity contribution in [1.82, 2.24) is 4.98 Å². The molecule has 0 aliphatic rings. The molecule has 15 heavy (non-hydrogen) atoms. The van der Waals surface area contributed by atoms with Crippen molar-refractivity contribution in [3.8, 4) is 0 Å². The van der Waals surface area contributed by atoms with Crippen molar-refractivity contribution in [2.45, 2.75) is 33.6 Å². The summed E-state index contributed by atoms with van der Waals surface area (Å²) in [5.41, 5.74) is 1.18. The molecule has 1 aromatic rings. The fraction of sp³-hybridized carbons (Fsp3) is 0.500. The molecule has 0 atom stereocenters. The van der Waals surface area contributed by atoms with Gasteiger partial charge in [0.05, 0.1) is 0 Å². The predicted octanol–water partition coefficient (Wildman–Crippen LogP) is 2.80. The van der Waals surface area contributed by atoms with Crippen LogP contribution in [0.4, 0.5) is 5.82 Å². The number of nitrogens with zero attached hydrogens (tertiary/aromatic N) is 1. The van der Waals surface area contributed by atoms with Crippen LogP contribution < -0.4 is 5.32 Å². The third-order valence-corrected chi connectivity index (χ3v) is 2.23. The Hall–Kier alpha value is -1.38. The highest BCUT2D eigenvalue weighted by Gasteiger charge is 2.08. The summed E-state index contributed by atoms with van der Waals surface area (Å²) in [5.74, 6) is 1.07. The van der Waals surface area contributed by atoms with Crippen molar-refractivity contribution in [2.24, 2.45) is 5.92 Å². The molecule has 0 saturated carbocycles. The molecular formula is C12H18N2O. The standard InChI is InChI=1S/C12H18N2O/c1-8(2)10-5-6-13-11(7-10)14-12(15)9(3)4/h5-9H,1-4H3,(H,13,14,15). The van der Waals surface area contributed by atoms with Crippen LogP contribution in [0.25, 0.3) is 0 Å². The topological polar surface area (TPSA) is 42.0 Å². The van der Waals surface area contributed by atoms with Crippen LogP contribution in [0.3, 0.4) is 0 Å². The van der Waals surface area contributed by atoms with Crippen molar-refractivity contribution in [2.75, 3.05) is 5.32 Å². The molecule has 0 aliphatic carbocycles. The molecule has 3 heteroatoms. The van der Waals surface area contributed by atoms with Gasteiger partial charge in [-0.05, 0) is 23.6 Å². The molecule has 0 unspecified atom stereocenters. The Morgan fingerprint density at radius 2 is 2.00 bits per heavy atom. The van der Waals surface area contributed by atoms with Crippen molar-refractivity contribution in [1.29, 1.82) is 0 Å². The lowest BCUT2D eigenvalue weighted by molar-refractivity contribution is -0.118. The number of hydrogen-bond acceptors (Lipinski definition) is 2. The summed E-state index contributed by atoms with van der Waals surface area (Å²) in [6, 6.07) is 3.89. The summed E-state index contributed by atoms with van der Waals surface area (Å²) < 4.78 is 0. The lowest BCUT2D eigenvalue weighted by Crippen LogP contribution is -2.18. The molecule has 1 aromatic heterocycles. The molecule has 0 aliphatic heterocycles. The van der Waals surface area contributed by atoms with Gasteiger partial charge < -0.3 is 5.32 Å². The Balaban J connectivity index is 2.78. The number of carbonyl (C=O) groups excluding carboxylic acids is 1. The van der Waals surface area contributed by atoms with Gasteiger partial charge >= 0.3 is 0 Å². The van der Waals surface area contributed by atoms with Gasteiger partial charge in [-0.1, -0.05) is 27.7 Å². The summed E-state index contributed by atoms with van der Waals surface area (Å²) in [7, 11) is 0. The second-order valence-corrected chi connectivity index (χ2v) is 4.27. The molecule has 82 valence electrons. The van der Waals surface area contributed by atoms with Crippen molar-refractivity contribution in [3.05, 3.63) is 23.9 Å². The average Bonchev–Trinajstić information content (AvgIpc) is 2.18. The highest BCUT2D eigenvalue weighted by atomic mass is 16.1. The Kier molecular flexibility index (Phi) is 3.83. The van der Waals surface area contributed by atoms with Gasteiger partial charge in [0.1, 0.15) is 5.82 Å². The number of anilines is 1. The van der Waals surface area contributed by atoms with Gasteiger partial charge in [-0.3, -0.25) is 4.79 Å². The Morgan fingerprint density at radius 3 is 2.53 bits per heavy atom. The van der Waals surface area contributed by atoms with Gasteiger partial charge in [0.15, 0.2) is 0 Å². The molecule has 1 heterocycles. The summed E-state index contributed by atoms with van der Waals surface area (Å²) in [6.45, 7) is 7.95. The maximum atomic E-state index is 11.4. The largest absolute Gasteiger partial charge is 0.310 e. The first-order valence-corrected chi connectivity index (χ1v) is 5.27. The van der Waals surface area contributed by atoms with E-state index < -0.39 is 0 Å². The van der Waals surface area contributed by atoms with Gasteiger partial charge in [-0.2, -0.15) is 0 Å². The average molecular weight is 206 g/mol. The first-order valence-electron chi connectivity index (χ1n) is 5.27. The first-order chi connectivity index (χ1) is 7.00. The zero-order valence-electron chi connectivity index (χ0n) is 9.74. The van der Waals surface area contributed by atoms with E-state index in [1.807, 2.05) is 26.0 Å².